The van der Waals surface area contributed by atoms with E-state index in [1.807, 2.05) is 65.6 Å². The Bertz CT molecular complexity index is 717. The summed E-state index contributed by atoms with van der Waals surface area (Å²) in [5.74, 6) is 0. The second-order valence-electron chi connectivity index (χ2n) is 4.53. The van der Waals surface area contributed by atoms with Crippen molar-refractivity contribution in [3.05, 3.63) is 76.5 Å². The predicted molar refractivity (Wildman–Crippen MR) is 83.2 cm³/mol. The Kier molecular flexibility index (Phi) is 3.77. The van der Waals surface area contributed by atoms with E-state index in [4.69, 9.17) is 23.2 Å². The maximum atomic E-state index is 6.19. The van der Waals surface area contributed by atoms with Crippen LogP contribution < -0.4 is 0 Å². The van der Waals surface area contributed by atoms with E-state index >= 15 is 0 Å². The Hall–Kier alpha value is -1.77. The van der Waals surface area contributed by atoms with Gasteiger partial charge in [0, 0.05) is 27.4 Å². The monoisotopic (exact) mass is 302 g/mol. The molecule has 0 saturated carbocycles. The van der Waals surface area contributed by atoms with Crippen molar-refractivity contribution in [1.82, 2.24) is 9.78 Å². The van der Waals surface area contributed by atoms with Crippen LogP contribution in [0.5, 0.6) is 0 Å². The average Bonchev–Trinajstić information content (AvgIpc) is 2.90. The predicted octanol–water partition coefficient (Wildman–Crippen LogP) is 4.91. The Balaban J connectivity index is 1.84. The molecule has 1 aromatic heterocycles. The van der Waals surface area contributed by atoms with Crippen LogP contribution in [0.15, 0.2) is 60.9 Å². The highest BCUT2D eigenvalue weighted by atomic mass is 35.5. The molecular weight excluding hydrogens is 291 g/mol. The Morgan fingerprint density at radius 2 is 1.70 bits per heavy atom. The fourth-order valence-electron chi connectivity index (χ4n) is 2.06. The summed E-state index contributed by atoms with van der Waals surface area (Å²) >= 11 is 12.1. The summed E-state index contributed by atoms with van der Waals surface area (Å²) < 4.78 is 1.89. The lowest BCUT2D eigenvalue weighted by Gasteiger charge is -2.02. The summed E-state index contributed by atoms with van der Waals surface area (Å²) in [7, 11) is 0. The van der Waals surface area contributed by atoms with E-state index in [2.05, 4.69) is 5.10 Å². The molecule has 0 unspecified atom stereocenters. The summed E-state index contributed by atoms with van der Waals surface area (Å²) in [5, 5.41) is 5.85. The second-order valence-corrected chi connectivity index (χ2v) is 5.38. The van der Waals surface area contributed by atoms with Crippen LogP contribution >= 0.6 is 23.2 Å². The highest BCUT2D eigenvalue weighted by molar-refractivity contribution is 6.33. The van der Waals surface area contributed by atoms with Crippen LogP contribution in [0.1, 0.15) is 5.56 Å². The molecule has 0 bridgehead atoms. The molecule has 0 atom stereocenters. The van der Waals surface area contributed by atoms with Crippen molar-refractivity contribution in [2.45, 2.75) is 6.54 Å². The molecule has 0 aliphatic rings. The lowest BCUT2D eigenvalue weighted by atomic mass is 10.1. The van der Waals surface area contributed by atoms with Gasteiger partial charge in [-0.15, -0.1) is 0 Å². The molecule has 3 aromatic rings. The summed E-state index contributed by atoms with van der Waals surface area (Å²) in [5.41, 5.74) is 3.17. The van der Waals surface area contributed by atoms with Gasteiger partial charge in [0.15, 0.2) is 0 Å². The van der Waals surface area contributed by atoms with E-state index in [0.717, 1.165) is 26.7 Å². The number of aromatic nitrogens is 2. The standard InChI is InChI=1S/C16H12Cl2N2/c17-14-7-5-12(6-8-14)10-20-11-13(9-19-20)15-3-1-2-4-16(15)18/h1-9,11H,10H2. The van der Waals surface area contributed by atoms with Gasteiger partial charge in [0.05, 0.1) is 12.7 Å². The van der Waals surface area contributed by atoms with Crippen molar-refractivity contribution < 1.29 is 0 Å². The van der Waals surface area contributed by atoms with Gasteiger partial charge in [0.2, 0.25) is 0 Å². The number of benzene rings is 2. The molecule has 4 heteroatoms. The molecule has 0 fully saturated rings. The summed E-state index contributed by atoms with van der Waals surface area (Å²) in [6.45, 7) is 0.710. The third kappa shape index (κ3) is 2.87. The number of rotatable bonds is 3. The van der Waals surface area contributed by atoms with Crippen molar-refractivity contribution in [2.24, 2.45) is 0 Å². The first kappa shape index (κ1) is 13.2. The van der Waals surface area contributed by atoms with Crippen LogP contribution in [0, 0.1) is 0 Å². The first-order chi connectivity index (χ1) is 9.72. The summed E-state index contributed by atoms with van der Waals surface area (Å²) in [4.78, 5) is 0. The summed E-state index contributed by atoms with van der Waals surface area (Å²) in [6, 6.07) is 15.5. The zero-order chi connectivity index (χ0) is 13.9. The molecule has 2 nitrogen and oxygen atoms in total. The molecule has 0 aliphatic heterocycles. The van der Waals surface area contributed by atoms with Crippen LogP contribution in [-0.2, 0) is 6.54 Å². The minimum Gasteiger partial charge on any atom is -0.268 e. The highest BCUT2D eigenvalue weighted by Gasteiger charge is 2.05. The molecule has 0 aliphatic carbocycles. The van der Waals surface area contributed by atoms with E-state index in [1.54, 1.807) is 0 Å². The third-order valence-corrected chi connectivity index (χ3v) is 3.66. The zero-order valence-electron chi connectivity index (χ0n) is 10.6. The van der Waals surface area contributed by atoms with Gasteiger partial charge < -0.3 is 0 Å². The van der Waals surface area contributed by atoms with Crippen LogP contribution in [0.2, 0.25) is 10.0 Å². The molecule has 2 aromatic carbocycles. The molecule has 0 N–H and O–H groups in total. The maximum Gasteiger partial charge on any atom is 0.0659 e. The smallest absolute Gasteiger partial charge is 0.0659 e. The molecule has 100 valence electrons. The van der Waals surface area contributed by atoms with Gasteiger partial charge in [-0.05, 0) is 23.8 Å². The third-order valence-electron chi connectivity index (χ3n) is 3.08. The fraction of sp³-hybridized carbons (Fsp3) is 0.0625. The molecule has 0 radical (unpaired) electrons. The van der Waals surface area contributed by atoms with Gasteiger partial charge in [-0.25, -0.2) is 0 Å². The first-order valence-corrected chi connectivity index (χ1v) is 7.00. The van der Waals surface area contributed by atoms with Gasteiger partial charge in [-0.1, -0.05) is 53.5 Å². The van der Waals surface area contributed by atoms with Gasteiger partial charge in [0.25, 0.3) is 0 Å². The van der Waals surface area contributed by atoms with Crippen LogP contribution in [-0.4, -0.2) is 9.78 Å². The number of hydrogen-bond donors (Lipinski definition) is 0. The second kappa shape index (κ2) is 5.70. The zero-order valence-corrected chi connectivity index (χ0v) is 12.1. The van der Waals surface area contributed by atoms with Gasteiger partial charge in [0.1, 0.15) is 0 Å². The van der Waals surface area contributed by atoms with Crippen LogP contribution in [0.25, 0.3) is 11.1 Å². The van der Waals surface area contributed by atoms with Gasteiger partial charge >= 0.3 is 0 Å². The number of nitrogens with zero attached hydrogens (tertiary/aromatic N) is 2. The largest absolute Gasteiger partial charge is 0.268 e. The average molecular weight is 303 g/mol. The molecule has 0 spiro atoms. The molecule has 3 rings (SSSR count). The van der Waals surface area contributed by atoms with E-state index in [1.165, 1.54) is 0 Å². The molecular formula is C16H12Cl2N2. The Labute approximate surface area is 127 Å². The minimum atomic E-state index is 0.710. The summed E-state index contributed by atoms with van der Waals surface area (Å²) in [6.07, 6.45) is 3.83. The fourth-order valence-corrected chi connectivity index (χ4v) is 2.43. The minimum absolute atomic E-state index is 0.710. The Morgan fingerprint density at radius 1 is 0.950 bits per heavy atom. The molecule has 0 saturated heterocycles. The SMILES string of the molecule is Clc1ccc(Cn2cc(-c3ccccc3Cl)cn2)cc1. The van der Waals surface area contributed by atoms with E-state index < -0.39 is 0 Å². The first-order valence-electron chi connectivity index (χ1n) is 6.24. The van der Waals surface area contributed by atoms with Gasteiger partial charge in [-0.2, -0.15) is 5.10 Å². The van der Waals surface area contributed by atoms with Crippen molar-refractivity contribution in [2.75, 3.05) is 0 Å². The van der Waals surface area contributed by atoms with Crippen molar-refractivity contribution in [3.63, 3.8) is 0 Å². The lowest BCUT2D eigenvalue weighted by molar-refractivity contribution is 0.687. The molecule has 20 heavy (non-hydrogen) atoms. The molecule has 0 amide bonds. The highest BCUT2D eigenvalue weighted by Crippen LogP contribution is 2.27. The lowest BCUT2D eigenvalue weighted by Crippen LogP contribution is -1.99. The topological polar surface area (TPSA) is 17.8 Å². The van der Waals surface area contributed by atoms with Crippen molar-refractivity contribution >= 4 is 23.2 Å². The van der Waals surface area contributed by atoms with Crippen molar-refractivity contribution in [3.8, 4) is 11.1 Å². The number of hydrogen-bond acceptors (Lipinski definition) is 1. The van der Waals surface area contributed by atoms with Crippen LogP contribution in [0.4, 0.5) is 0 Å². The van der Waals surface area contributed by atoms with E-state index in [0.29, 0.717) is 6.54 Å². The number of halogens is 2. The molecule has 1 heterocycles. The van der Waals surface area contributed by atoms with Crippen LogP contribution in [0.3, 0.4) is 0 Å². The van der Waals surface area contributed by atoms with E-state index in [-0.39, 0.29) is 0 Å². The Morgan fingerprint density at radius 3 is 2.45 bits per heavy atom. The quantitative estimate of drug-likeness (QED) is 0.672. The van der Waals surface area contributed by atoms with Crippen molar-refractivity contribution in [1.29, 1.82) is 0 Å². The van der Waals surface area contributed by atoms with E-state index in [9.17, 15) is 0 Å². The maximum absolute atomic E-state index is 6.19. The van der Waals surface area contributed by atoms with Gasteiger partial charge in [-0.3, -0.25) is 4.68 Å². The normalized spacial score (nSPS) is 10.7.